The maximum atomic E-state index is 12.2. The zero-order chi connectivity index (χ0) is 13.2. The summed E-state index contributed by atoms with van der Waals surface area (Å²) in [4.78, 5) is 12.2. The van der Waals surface area contributed by atoms with Crippen LogP contribution in [0.3, 0.4) is 0 Å². The van der Waals surface area contributed by atoms with E-state index in [9.17, 15) is 4.79 Å². The highest BCUT2D eigenvalue weighted by atomic mass is 16.6. The molecule has 1 heterocycles. The maximum Gasteiger partial charge on any atom is 0.251 e. The molecule has 1 saturated carbocycles. The van der Waals surface area contributed by atoms with Gasteiger partial charge in [0.25, 0.3) is 5.91 Å². The molecule has 0 spiro atoms. The van der Waals surface area contributed by atoms with Gasteiger partial charge in [-0.05, 0) is 43.4 Å². The second-order valence-corrected chi connectivity index (χ2v) is 5.45. The fourth-order valence-corrected chi connectivity index (χ4v) is 2.79. The molecule has 1 fully saturated rings. The summed E-state index contributed by atoms with van der Waals surface area (Å²) in [6.07, 6.45) is 3.36. The van der Waals surface area contributed by atoms with E-state index < -0.39 is 0 Å². The average Bonchev–Trinajstić information content (AvgIpc) is 2.83. The number of ether oxygens (including phenoxy) is 2. The fourth-order valence-electron chi connectivity index (χ4n) is 2.79. The number of hydrogen-bond donors (Lipinski definition) is 1. The Morgan fingerprint density at radius 3 is 2.74 bits per heavy atom. The van der Waals surface area contributed by atoms with Gasteiger partial charge in [-0.15, -0.1) is 0 Å². The first-order valence-corrected chi connectivity index (χ1v) is 6.93. The Bertz CT molecular complexity index is 486. The van der Waals surface area contributed by atoms with Crippen LogP contribution in [0.15, 0.2) is 18.2 Å². The molecule has 3 rings (SSSR count). The Kier molecular flexibility index (Phi) is 3.32. The number of carbonyl (C=O) groups excluding carboxylic acids is 1. The van der Waals surface area contributed by atoms with Gasteiger partial charge in [0.15, 0.2) is 11.5 Å². The predicted octanol–water partition coefficient (Wildman–Crippen LogP) is 2.38. The third-order valence-electron chi connectivity index (χ3n) is 3.83. The van der Waals surface area contributed by atoms with E-state index in [4.69, 9.17) is 9.47 Å². The first-order chi connectivity index (χ1) is 9.22. The van der Waals surface area contributed by atoms with E-state index in [0.29, 0.717) is 36.5 Å². The zero-order valence-corrected chi connectivity index (χ0v) is 11.1. The largest absolute Gasteiger partial charge is 0.486 e. The van der Waals surface area contributed by atoms with E-state index in [0.717, 1.165) is 18.6 Å². The van der Waals surface area contributed by atoms with Crippen molar-refractivity contribution in [2.24, 2.45) is 5.92 Å². The van der Waals surface area contributed by atoms with Crippen LogP contribution in [0.5, 0.6) is 11.5 Å². The molecule has 0 aromatic heterocycles. The summed E-state index contributed by atoms with van der Waals surface area (Å²) in [6, 6.07) is 5.68. The minimum absolute atomic E-state index is 0.0175. The summed E-state index contributed by atoms with van der Waals surface area (Å²) in [6.45, 7) is 3.34. The van der Waals surface area contributed by atoms with Gasteiger partial charge in [-0.2, -0.15) is 0 Å². The second kappa shape index (κ2) is 5.11. The monoisotopic (exact) mass is 261 g/mol. The summed E-state index contributed by atoms with van der Waals surface area (Å²) in [5, 5.41) is 3.10. The maximum absolute atomic E-state index is 12.2. The molecule has 4 nitrogen and oxygen atoms in total. The summed E-state index contributed by atoms with van der Waals surface area (Å²) >= 11 is 0. The highest BCUT2D eigenvalue weighted by Gasteiger charge is 2.23. The van der Waals surface area contributed by atoms with Crippen molar-refractivity contribution in [1.29, 1.82) is 0 Å². The Hall–Kier alpha value is -1.71. The van der Waals surface area contributed by atoms with Gasteiger partial charge in [0.2, 0.25) is 0 Å². The molecule has 102 valence electrons. The number of amides is 1. The van der Waals surface area contributed by atoms with Gasteiger partial charge in [-0.3, -0.25) is 4.79 Å². The lowest BCUT2D eigenvalue weighted by Crippen LogP contribution is -2.33. The number of fused-ring (bicyclic) bond motifs is 1. The first kappa shape index (κ1) is 12.3. The molecule has 1 aromatic carbocycles. The van der Waals surface area contributed by atoms with Gasteiger partial charge in [-0.25, -0.2) is 0 Å². The average molecular weight is 261 g/mol. The normalized spacial score (nSPS) is 25.1. The predicted molar refractivity (Wildman–Crippen MR) is 71.7 cm³/mol. The van der Waals surface area contributed by atoms with Crippen LogP contribution >= 0.6 is 0 Å². The van der Waals surface area contributed by atoms with Crippen LogP contribution < -0.4 is 14.8 Å². The van der Waals surface area contributed by atoms with Crippen molar-refractivity contribution in [3.63, 3.8) is 0 Å². The van der Waals surface area contributed by atoms with E-state index in [2.05, 4.69) is 12.2 Å². The molecule has 1 aromatic rings. The number of carbonyl (C=O) groups is 1. The first-order valence-electron chi connectivity index (χ1n) is 6.93. The third kappa shape index (κ3) is 2.67. The number of nitrogens with one attached hydrogen (secondary N) is 1. The molecular weight excluding hydrogens is 242 g/mol. The topological polar surface area (TPSA) is 47.6 Å². The molecule has 1 aliphatic carbocycles. The molecule has 1 aliphatic heterocycles. The van der Waals surface area contributed by atoms with Gasteiger partial charge in [-0.1, -0.05) is 6.92 Å². The molecule has 2 unspecified atom stereocenters. The standard InChI is InChI=1S/C15H19NO3/c1-10-2-4-12(8-10)16-15(17)11-3-5-13-14(9-11)19-7-6-18-13/h3,5,9-10,12H,2,4,6-8H2,1H3,(H,16,17). The molecule has 0 bridgehead atoms. The Morgan fingerprint density at radius 2 is 2.00 bits per heavy atom. The molecule has 4 heteroatoms. The quantitative estimate of drug-likeness (QED) is 0.889. The fraction of sp³-hybridized carbons (Fsp3) is 0.533. The van der Waals surface area contributed by atoms with Crippen molar-refractivity contribution in [2.45, 2.75) is 32.2 Å². The van der Waals surface area contributed by atoms with Gasteiger partial charge >= 0.3 is 0 Å². The smallest absolute Gasteiger partial charge is 0.251 e. The van der Waals surface area contributed by atoms with E-state index >= 15 is 0 Å². The Morgan fingerprint density at radius 1 is 1.21 bits per heavy atom. The summed E-state index contributed by atoms with van der Waals surface area (Å²) in [5.74, 6) is 2.08. The summed E-state index contributed by atoms with van der Waals surface area (Å²) in [7, 11) is 0. The lowest BCUT2D eigenvalue weighted by Gasteiger charge is -2.19. The molecule has 19 heavy (non-hydrogen) atoms. The van der Waals surface area contributed by atoms with Crippen LogP contribution in [0.1, 0.15) is 36.5 Å². The van der Waals surface area contributed by atoms with Crippen LogP contribution in [-0.2, 0) is 0 Å². The van der Waals surface area contributed by atoms with Crippen LogP contribution in [-0.4, -0.2) is 25.2 Å². The molecule has 1 N–H and O–H groups in total. The minimum Gasteiger partial charge on any atom is -0.486 e. The number of rotatable bonds is 2. The zero-order valence-electron chi connectivity index (χ0n) is 11.1. The lowest BCUT2D eigenvalue weighted by atomic mass is 10.1. The van der Waals surface area contributed by atoms with Crippen molar-refractivity contribution >= 4 is 5.91 Å². The van der Waals surface area contributed by atoms with Crippen molar-refractivity contribution < 1.29 is 14.3 Å². The van der Waals surface area contributed by atoms with Crippen LogP contribution in [0.4, 0.5) is 0 Å². The molecule has 0 saturated heterocycles. The van der Waals surface area contributed by atoms with Gasteiger partial charge < -0.3 is 14.8 Å². The number of hydrogen-bond acceptors (Lipinski definition) is 3. The van der Waals surface area contributed by atoms with Gasteiger partial charge in [0.1, 0.15) is 13.2 Å². The summed E-state index contributed by atoms with van der Waals surface area (Å²) in [5.41, 5.74) is 0.642. The van der Waals surface area contributed by atoms with Gasteiger partial charge in [0, 0.05) is 11.6 Å². The highest BCUT2D eigenvalue weighted by molar-refractivity contribution is 5.95. The molecular formula is C15H19NO3. The van der Waals surface area contributed by atoms with Crippen molar-refractivity contribution in [1.82, 2.24) is 5.32 Å². The van der Waals surface area contributed by atoms with Crippen molar-refractivity contribution in [3.8, 4) is 11.5 Å². The minimum atomic E-state index is -0.0175. The Labute approximate surface area is 113 Å². The third-order valence-corrected chi connectivity index (χ3v) is 3.83. The van der Waals surface area contributed by atoms with E-state index in [1.807, 2.05) is 0 Å². The summed E-state index contributed by atoms with van der Waals surface area (Å²) < 4.78 is 10.9. The molecule has 0 radical (unpaired) electrons. The molecule has 1 amide bonds. The van der Waals surface area contributed by atoms with Crippen LogP contribution in [0.25, 0.3) is 0 Å². The van der Waals surface area contributed by atoms with Gasteiger partial charge in [0.05, 0.1) is 0 Å². The van der Waals surface area contributed by atoms with E-state index in [1.54, 1.807) is 18.2 Å². The van der Waals surface area contributed by atoms with E-state index in [-0.39, 0.29) is 5.91 Å². The molecule has 2 atom stereocenters. The lowest BCUT2D eigenvalue weighted by molar-refractivity contribution is 0.0936. The highest BCUT2D eigenvalue weighted by Crippen LogP contribution is 2.31. The molecule has 2 aliphatic rings. The van der Waals surface area contributed by atoms with Crippen LogP contribution in [0, 0.1) is 5.92 Å². The number of benzene rings is 1. The van der Waals surface area contributed by atoms with Crippen molar-refractivity contribution in [3.05, 3.63) is 23.8 Å². The SMILES string of the molecule is CC1CCC(NC(=O)c2ccc3c(c2)OCCO3)C1. The van der Waals surface area contributed by atoms with Crippen molar-refractivity contribution in [2.75, 3.05) is 13.2 Å². The Balaban J connectivity index is 1.69. The second-order valence-electron chi connectivity index (χ2n) is 5.45. The van der Waals surface area contributed by atoms with Crippen LogP contribution in [0.2, 0.25) is 0 Å². The van der Waals surface area contributed by atoms with E-state index in [1.165, 1.54) is 6.42 Å².